The van der Waals surface area contributed by atoms with Crippen LogP contribution in [-0.4, -0.2) is 10.7 Å². The highest BCUT2D eigenvalue weighted by Gasteiger charge is 2.11. The molecular formula is C16H18N2S2. The Morgan fingerprint density at radius 2 is 1.85 bits per heavy atom. The maximum absolute atomic E-state index is 5.92. The molecular weight excluding hydrogens is 284 g/mol. The molecule has 4 heteroatoms. The van der Waals surface area contributed by atoms with Crippen LogP contribution in [0, 0.1) is 6.92 Å². The van der Waals surface area contributed by atoms with Crippen LogP contribution < -0.4 is 11.1 Å². The summed E-state index contributed by atoms with van der Waals surface area (Å²) in [6.07, 6.45) is 0. The van der Waals surface area contributed by atoms with Crippen molar-refractivity contribution in [2.75, 3.05) is 11.1 Å². The Morgan fingerprint density at radius 3 is 2.50 bits per heavy atom. The Hall–Kier alpha value is -1.52. The number of nitrogens with two attached hydrogens (primary N) is 1. The second kappa shape index (κ2) is 6.77. The molecule has 2 aromatic rings. The number of benzene rings is 2. The SMILES string of the molecule is CCSc1cccc(Nc2ccccc2C)c1C(N)=S. The van der Waals surface area contributed by atoms with Crippen LogP contribution in [0.15, 0.2) is 47.4 Å². The third-order valence-corrected chi connectivity index (χ3v) is 4.13. The number of thiocarbonyl (C=S) groups is 1. The van der Waals surface area contributed by atoms with Crippen molar-refractivity contribution in [3.63, 3.8) is 0 Å². The van der Waals surface area contributed by atoms with E-state index in [1.807, 2.05) is 24.3 Å². The average molecular weight is 302 g/mol. The summed E-state index contributed by atoms with van der Waals surface area (Å²) in [5.74, 6) is 0.990. The van der Waals surface area contributed by atoms with Crippen LogP contribution in [-0.2, 0) is 0 Å². The van der Waals surface area contributed by atoms with Crippen LogP contribution in [0.2, 0.25) is 0 Å². The van der Waals surface area contributed by atoms with Crippen molar-refractivity contribution in [1.82, 2.24) is 0 Å². The normalized spacial score (nSPS) is 10.3. The van der Waals surface area contributed by atoms with Crippen molar-refractivity contribution < 1.29 is 0 Å². The fourth-order valence-corrected chi connectivity index (χ4v) is 3.16. The summed E-state index contributed by atoms with van der Waals surface area (Å²) >= 11 is 6.98. The standard InChI is InChI=1S/C16H18N2S2/c1-3-20-14-10-6-9-13(15(14)16(17)19)18-12-8-5-4-7-11(12)2/h4-10,18H,3H2,1-2H3,(H2,17,19). The smallest absolute Gasteiger partial charge is 0.107 e. The van der Waals surface area contributed by atoms with Gasteiger partial charge in [-0.3, -0.25) is 0 Å². The van der Waals surface area contributed by atoms with Crippen LogP contribution in [0.4, 0.5) is 11.4 Å². The van der Waals surface area contributed by atoms with Gasteiger partial charge in [0.05, 0.1) is 0 Å². The first-order chi connectivity index (χ1) is 9.63. The number of rotatable bonds is 5. The van der Waals surface area contributed by atoms with E-state index in [0.29, 0.717) is 4.99 Å². The lowest BCUT2D eigenvalue weighted by molar-refractivity contribution is 1.36. The number of hydrogen-bond acceptors (Lipinski definition) is 3. The van der Waals surface area contributed by atoms with Gasteiger partial charge >= 0.3 is 0 Å². The van der Waals surface area contributed by atoms with Crippen molar-refractivity contribution in [2.45, 2.75) is 18.7 Å². The lowest BCUT2D eigenvalue weighted by Gasteiger charge is -2.16. The van der Waals surface area contributed by atoms with E-state index >= 15 is 0 Å². The maximum Gasteiger partial charge on any atom is 0.107 e. The highest BCUT2D eigenvalue weighted by molar-refractivity contribution is 7.99. The van der Waals surface area contributed by atoms with Gasteiger partial charge in [-0.05, 0) is 36.4 Å². The Bertz CT molecular complexity index is 624. The maximum atomic E-state index is 5.92. The minimum Gasteiger partial charge on any atom is -0.389 e. The fraction of sp³-hybridized carbons (Fsp3) is 0.188. The van der Waals surface area contributed by atoms with Crippen molar-refractivity contribution in [3.05, 3.63) is 53.6 Å². The van der Waals surface area contributed by atoms with Gasteiger partial charge in [-0.2, -0.15) is 0 Å². The van der Waals surface area contributed by atoms with Gasteiger partial charge in [-0.15, -0.1) is 11.8 Å². The van der Waals surface area contributed by atoms with Crippen molar-refractivity contribution in [2.24, 2.45) is 5.73 Å². The molecule has 0 amide bonds. The van der Waals surface area contributed by atoms with Gasteiger partial charge in [0.25, 0.3) is 0 Å². The third kappa shape index (κ3) is 3.32. The van der Waals surface area contributed by atoms with Crippen molar-refractivity contribution >= 4 is 40.3 Å². The van der Waals surface area contributed by atoms with Gasteiger partial charge in [0.2, 0.25) is 0 Å². The Morgan fingerprint density at radius 1 is 1.15 bits per heavy atom. The van der Waals surface area contributed by atoms with Gasteiger partial charge in [0.1, 0.15) is 4.99 Å². The molecule has 0 aliphatic carbocycles. The summed E-state index contributed by atoms with van der Waals surface area (Å²) in [6, 6.07) is 14.3. The number of para-hydroxylation sites is 1. The summed E-state index contributed by atoms with van der Waals surface area (Å²) in [5, 5.41) is 3.44. The molecule has 0 saturated carbocycles. The minimum absolute atomic E-state index is 0.428. The number of hydrogen-bond donors (Lipinski definition) is 2. The van der Waals surface area contributed by atoms with E-state index < -0.39 is 0 Å². The molecule has 3 N–H and O–H groups in total. The van der Waals surface area contributed by atoms with E-state index in [1.165, 1.54) is 5.56 Å². The lowest BCUT2D eigenvalue weighted by Crippen LogP contribution is -2.13. The first-order valence-electron chi connectivity index (χ1n) is 6.51. The topological polar surface area (TPSA) is 38.0 Å². The molecule has 0 saturated heterocycles. The molecule has 0 unspecified atom stereocenters. The Balaban J connectivity index is 2.44. The molecule has 0 bridgehead atoms. The van der Waals surface area contributed by atoms with E-state index in [1.54, 1.807) is 11.8 Å². The monoisotopic (exact) mass is 302 g/mol. The molecule has 0 heterocycles. The molecule has 2 aromatic carbocycles. The molecule has 0 fully saturated rings. The predicted molar refractivity (Wildman–Crippen MR) is 93.2 cm³/mol. The van der Waals surface area contributed by atoms with Crippen LogP contribution in [0.5, 0.6) is 0 Å². The zero-order valence-corrected chi connectivity index (χ0v) is 13.3. The van der Waals surface area contributed by atoms with Crippen LogP contribution >= 0.6 is 24.0 Å². The van der Waals surface area contributed by atoms with E-state index in [9.17, 15) is 0 Å². The van der Waals surface area contributed by atoms with Gasteiger partial charge < -0.3 is 11.1 Å². The first-order valence-corrected chi connectivity index (χ1v) is 7.91. The molecule has 2 nitrogen and oxygen atoms in total. The number of nitrogens with one attached hydrogen (secondary N) is 1. The van der Waals surface area contributed by atoms with Gasteiger partial charge in [-0.1, -0.05) is 43.4 Å². The second-order valence-corrected chi connectivity index (χ2v) is 6.16. The third-order valence-electron chi connectivity index (χ3n) is 2.99. The Kier molecular flexibility index (Phi) is 5.04. The summed E-state index contributed by atoms with van der Waals surface area (Å²) in [4.78, 5) is 1.55. The van der Waals surface area contributed by atoms with Gasteiger partial charge in [0, 0.05) is 21.8 Å². The van der Waals surface area contributed by atoms with Crippen LogP contribution in [0.25, 0.3) is 0 Å². The molecule has 2 rings (SSSR count). The van der Waals surface area contributed by atoms with Crippen molar-refractivity contribution in [3.8, 4) is 0 Å². The average Bonchev–Trinajstić information content (AvgIpc) is 2.41. The highest BCUT2D eigenvalue weighted by Crippen LogP contribution is 2.31. The van der Waals surface area contributed by atoms with E-state index in [2.05, 4.69) is 37.4 Å². The minimum atomic E-state index is 0.428. The van der Waals surface area contributed by atoms with E-state index in [0.717, 1.165) is 27.6 Å². The molecule has 0 aromatic heterocycles. The zero-order valence-electron chi connectivity index (χ0n) is 11.6. The molecule has 0 aliphatic rings. The number of thioether (sulfide) groups is 1. The predicted octanol–water partition coefficient (Wildman–Crippen LogP) is 4.48. The van der Waals surface area contributed by atoms with Crippen molar-refractivity contribution in [1.29, 1.82) is 0 Å². The van der Waals surface area contributed by atoms with Gasteiger partial charge in [-0.25, -0.2) is 0 Å². The summed E-state index contributed by atoms with van der Waals surface area (Å²) in [6.45, 7) is 4.20. The van der Waals surface area contributed by atoms with Crippen LogP contribution in [0.3, 0.4) is 0 Å². The molecule has 104 valence electrons. The molecule has 0 spiro atoms. The quantitative estimate of drug-likeness (QED) is 0.630. The largest absolute Gasteiger partial charge is 0.389 e. The Labute approximate surface area is 129 Å². The van der Waals surface area contributed by atoms with E-state index in [4.69, 9.17) is 18.0 Å². The first kappa shape index (κ1) is 14.9. The fourth-order valence-electron chi connectivity index (χ4n) is 2.02. The number of aryl methyl sites for hydroxylation is 1. The lowest BCUT2D eigenvalue weighted by atomic mass is 10.1. The van der Waals surface area contributed by atoms with Crippen LogP contribution in [0.1, 0.15) is 18.1 Å². The molecule has 0 atom stereocenters. The molecule has 0 radical (unpaired) electrons. The van der Waals surface area contributed by atoms with E-state index in [-0.39, 0.29) is 0 Å². The second-order valence-electron chi connectivity index (χ2n) is 4.42. The molecule has 0 aliphatic heterocycles. The van der Waals surface area contributed by atoms with Gasteiger partial charge in [0.15, 0.2) is 0 Å². The zero-order chi connectivity index (χ0) is 14.5. The molecule has 20 heavy (non-hydrogen) atoms. The summed E-state index contributed by atoms with van der Waals surface area (Å²) < 4.78 is 0. The summed E-state index contributed by atoms with van der Waals surface area (Å²) in [5.41, 5.74) is 10.1. The number of anilines is 2. The highest BCUT2D eigenvalue weighted by atomic mass is 32.2. The summed E-state index contributed by atoms with van der Waals surface area (Å²) in [7, 11) is 0.